The maximum absolute atomic E-state index is 11.4. The van der Waals surface area contributed by atoms with Crippen molar-refractivity contribution in [3.8, 4) is 0 Å². The summed E-state index contributed by atoms with van der Waals surface area (Å²) >= 11 is 0. The lowest BCUT2D eigenvalue weighted by Crippen LogP contribution is -2.07. The highest BCUT2D eigenvalue weighted by molar-refractivity contribution is 7.90. The van der Waals surface area contributed by atoms with Crippen LogP contribution in [0.4, 0.5) is 5.69 Å². The van der Waals surface area contributed by atoms with Gasteiger partial charge in [0.25, 0.3) is 0 Å². The number of para-hydroxylation sites is 1. The zero-order valence-electron chi connectivity index (χ0n) is 8.03. The Morgan fingerprint density at radius 2 is 1.93 bits per heavy atom. The molecular formula is C10H13NO2S. The van der Waals surface area contributed by atoms with Gasteiger partial charge in [-0.2, -0.15) is 0 Å². The van der Waals surface area contributed by atoms with E-state index < -0.39 is 9.84 Å². The van der Waals surface area contributed by atoms with E-state index >= 15 is 0 Å². The third-order valence-corrected chi connectivity index (χ3v) is 3.38. The average Bonchev–Trinajstić information content (AvgIpc) is 2.87. The normalized spacial score (nSPS) is 16.6. The molecule has 0 aromatic heterocycles. The SMILES string of the molecule is CS(=O)(=O)c1ccccc1NC1CC1. The summed E-state index contributed by atoms with van der Waals surface area (Å²) in [4.78, 5) is 0.395. The fraction of sp³-hybridized carbons (Fsp3) is 0.400. The molecule has 0 spiro atoms. The lowest BCUT2D eigenvalue weighted by Gasteiger charge is -2.08. The number of hydrogen-bond donors (Lipinski definition) is 1. The van der Waals surface area contributed by atoms with Crippen molar-refractivity contribution in [3.05, 3.63) is 24.3 Å². The molecule has 1 aliphatic rings. The second-order valence-electron chi connectivity index (χ2n) is 3.69. The van der Waals surface area contributed by atoms with Crippen molar-refractivity contribution in [2.75, 3.05) is 11.6 Å². The molecule has 1 aliphatic carbocycles. The van der Waals surface area contributed by atoms with Crippen LogP contribution in [0.5, 0.6) is 0 Å². The van der Waals surface area contributed by atoms with Crippen molar-refractivity contribution in [2.24, 2.45) is 0 Å². The summed E-state index contributed by atoms with van der Waals surface area (Å²) in [5, 5.41) is 3.21. The number of benzene rings is 1. The Morgan fingerprint density at radius 1 is 1.29 bits per heavy atom. The van der Waals surface area contributed by atoms with Crippen molar-refractivity contribution < 1.29 is 8.42 Å². The molecule has 1 fully saturated rings. The molecule has 76 valence electrons. The first kappa shape index (κ1) is 9.52. The molecule has 0 unspecified atom stereocenters. The monoisotopic (exact) mass is 211 g/mol. The Labute approximate surface area is 84.1 Å². The van der Waals surface area contributed by atoms with Gasteiger partial charge in [-0.05, 0) is 25.0 Å². The average molecular weight is 211 g/mol. The summed E-state index contributed by atoms with van der Waals surface area (Å²) in [6.07, 6.45) is 3.51. The van der Waals surface area contributed by atoms with Crippen LogP contribution in [0.15, 0.2) is 29.2 Å². The summed E-state index contributed by atoms with van der Waals surface area (Å²) in [5.41, 5.74) is 0.734. The number of hydrogen-bond acceptors (Lipinski definition) is 3. The Morgan fingerprint density at radius 3 is 2.50 bits per heavy atom. The van der Waals surface area contributed by atoms with Gasteiger partial charge in [0, 0.05) is 12.3 Å². The van der Waals surface area contributed by atoms with Gasteiger partial charge < -0.3 is 5.32 Å². The van der Waals surface area contributed by atoms with E-state index in [0.29, 0.717) is 10.9 Å². The molecule has 0 bridgehead atoms. The molecule has 14 heavy (non-hydrogen) atoms. The number of anilines is 1. The van der Waals surface area contributed by atoms with Crippen LogP contribution in [0.1, 0.15) is 12.8 Å². The Bertz CT molecular complexity index is 435. The summed E-state index contributed by atoms with van der Waals surface area (Å²) in [6, 6.07) is 7.51. The predicted molar refractivity (Wildman–Crippen MR) is 56.2 cm³/mol. The molecule has 0 radical (unpaired) electrons. The standard InChI is InChI=1S/C10H13NO2S/c1-14(12,13)10-5-3-2-4-9(10)11-8-6-7-8/h2-5,8,11H,6-7H2,1H3. The molecule has 0 saturated heterocycles. The lowest BCUT2D eigenvalue weighted by atomic mass is 10.3. The van der Waals surface area contributed by atoms with E-state index in [0.717, 1.165) is 18.5 Å². The van der Waals surface area contributed by atoms with Gasteiger partial charge in [0.2, 0.25) is 0 Å². The van der Waals surface area contributed by atoms with Gasteiger partial charge in [-0.15, -0.1) is 0 Å². The van der Waals surface area contributed by atoms with Crippen molar-refractivity contribution in [1.82, 2.24) is 0 Å². The molecule has 4 heteroatoms. The van der Waals surface area contributed by atoms with Gasteiger partial charge in [-0.3, -0.25) is 0 Å². The largest absolute Gasteiger partial charge is 0.381 e. The highest BCUT2D eigenvalue weighted by Gasteiger charge is 2.23. The van der Waals surface area contributed by atoms with Crippen LogP contribution >= 0.6 is 0 Å². The van der Waals surface area contributed by atoms with Gasteiger partial charge in [0.1, 0.15) is 0 Å². The highest BCUT2D eigenvalue weighted by atomic mass is 32.2. The van der Waals surface area contributed by atoms with Crippen LogP contribution in [0.25, 0.3) is 0 Å². The Balaban J connectivity index is 2.37. The molecule has 0 atom stereocenters. The second kappa shape index (κ2) is 3.28. The molecule has 1 N–H and O–H groups in total. The van der Waals surface area contributed by atoms with Crippen LogP contribution in [0.3, 0.4) is 0 Å². The molecule has 3 nitrogen and oxygen atoms in total. The zero-order valence-corrected chi connectivity index (χ0v) is 8.84. The number of nitrogens with one attached hydrogen (secondary N) is 1. The van der Waals surface area contributed by atoms with Crippen molar-refractivity contribution in [1.29, 1.82) is 0 Å². The predicted octanol–water partition coefficient (Wildman–Crippen LogP) is 1.66. The third-order valence-electron chi connectivity index (χ3n) is 2.22. The van der Waals surface area contributed by atoms with Crippen LogP contribution in [-0.2, 0) is 9.84 Å². The van der Waals surface area contributed by atoms with Gasteiger partial charge in [-0.1, -0.05) is 12.1 Å². The fourth-order valence-corrected chi connectivity index (χ4v) is 2.21. The topological polar surface area (TPSA) is 46.2 Å². The molecule has 0 amide bonds. The van der Waals surface area contributed by atoms with Gasteiger partial charge in [-0.25, -0.2) is 8.42 Å². The van der Waals surface area contributed by atoms with Crippen LogP contribution in [-0.4, -0.2) is 20.7 Å². The Hall–Kier alpha value is -1.03. The molecular weight excluding hydrogens is 198 g/mol. The molecule has 1 aromatic carbocycles. The van der Waals surface area contributed by atoms with E-state index in [9.17, 15) is 8.42 Å². The molecule has 0 heterocycles. The first-order valence-corrected chi connectivity index (χ1v) is 6.52. The number of sulfone groups is 1. The van der Waals surface area contributed by atoms with Gasteiger partial charge in [0.15, 0.2) is 9.84 Å². The minimum absolute atomic E-state index is 0.395. The van der Waals surface area contributed by atoms with Crippen LogP contribution in [0, 0.1) is 0 Å². The molecule has 1 saturated carbocycles. The summed E-state index contributed by atoms with van der Waals surface area (Å²) in [5.74, 6) is 0. The lowest BCUT2D eigenvalue weighted by molar-refractivity contribution is 0.602. The minimum atomic E-state index is -3.11. The van der Waals surface area contributed by atoms with E-state index in [4.69, 9.17) is 0 Å². The maximum atomic E-state index is 11.4. The first-order chi connectivity index (χ1) is 6.57. The van der Waals surface area contributed by atoms with E-state index in [-0.39, 0.29) is 0 Å². The van der Waals surface area contributed by atoms with E-state index in [1.54, 1.807) is 12.1 Å². The van der Waals surface area contributed by atoms with E-state index in [1.165, 1.54) is 6.26 Å². The molecule has 1 aromatic rings. The van der Waals surface area contributed by atoms with E-state index in [2.05, 4.69) is 5.32 Å². The second-order valence-corrected chi connectivity index (χ2v) is 5.67. The van der Waals surface area contributed by atoms with E-state index in [1.807, 2.05) is 12.1 Å². The van der Waals surface area contributed by atoms with Crippen LogP contribution < -0.4 is 5.32 Å². The highest BCUT2D eigenvalue weighted by Crippen LogP contribution is 2.28. The smallest absolute Gasteiger partial charge is 0.177 e. The van der Waals surface area contributed by atoms with Crippen molar-refractivity contribution in [3.63, 3.8) is 0 Å². The first-order valence-electron chi connectivity index (χ1n) is 4.63. The summed E-state index contributed by atoms with van der Waals surface area (Å²) in [7, 11) is -3.11. The summed E-state index contributed by atoms with van der Waals surface area (Å²) in [6.45, 7) is 0. The minimum Gasteiger partial charge on any atom is -0.381 e. The van der Waals surface area contributed by atoms with Crippen molar-refractivity contribution >= 4 is 15.5 Å². The number of rotatable bonds is 3. The zero-order chi connectivity index (χ0) is 10.2. The van der Waals surface area contributed by atoms with Gasteiger partial charge >= 0.3 is 0 Å². The van der Waals surface area contributed by atoms with Crippen molar-refractivity contribution in [2.45, 2.75) is 23.8 Å². The van der Waals surface area contributed by atoms with Crippen LogP contribution in [0.2, 0.25) is 0 Å². The fourth-order valence-electron chi connectivity index (χ4n) is 1.36. The molecule has 2 rings (SSSR count). The molecule has 0 aliphatic heterocycles. The third kappa shape index (κ3) is 2.07. The maximum Gasteiger partial charge on any atom is 0.177 e. The summed E-state index contributed by atoms with van der Waals surface area (Å²) < 4.78 is 22.8. The van der Waals surface area contributed by atoms with Gasteiger partial charge in [0.05, 0.1) is 10.6 Å². The Kier molecular flexibility index (Phi) is 2.23. The quantitative estimate of drug-likeness (QED) is 0.827.